The third kappa shape index (κ3) is 6.06. The van der Waals surface area contributed by atoms with Crippen LogP contribution in [0, 0.1) is 11.7 Å². The van der Waals surface area contributed by atoms with Crippen molar-refractivity contribution in [2.24, 2.45) is 11.7 Å². The topological polar surface area (TPSA) is 101 Å². The largest absolute Gasteiger partial charge is 0.368 e. The Hall–Kier alpha value is -2.44. The molecule has 0 fully saturated rings. The van der Waals surface area contributed by atoms with E-state index in [1.807, 2.05) is 0 Å². The van der Waals surface area contributed by atoms with Crippen LogP contribution in [0.15, 0.2) is 24.3 Å². The van der Waals surface area contributed by atoms with Crippen molar-refractivity contribution in [2.45, 2.75) is 39.3 Å². The van der Waals surface area contributed by atoms with Gasteiger partial charge in [0.1, 0.15) is 17.9 Å². The summed E-state index contributed by atoms with van der Waals surface area (Å²) in [5.41, 5.74) is 5.85. The first-order valence-corrected chi connectivity index (χ1v) is 7.32. The van der Waals surface area contributed by atoms with Gasteiger partial charge < -0.3 is 16.4 Å². The standard InChI is InChI=1S/C16H22FN3O3/c1-9(2)14(19-10(3)21)16(23)20-13(15(18)22)8-11-5-4-6-12(17)7-11/h4-7,9,13-14H,8H2,1-3H3,(H2,18,22)(H,19,21)(H,20,23)/t13-,14-/m1/s1. The average Bonchev–Trinajstić information content (AvgIpc) is 2.43. The van der Waals surface area contributed by atoms with Crippen LogP contribution in [0.2, 0.25) is 0 Å². The van der Waals surface area contributed by atoms with Gasteiger partial charge in [-0.3, -0.25) is 14.4 Å². The Balaban J connectivity index is 2.84. The Bertz CT molecular complexity index is 590. The van der Waals surface area contributed by atoms with Crippen LogP contribution in [0.5, 0.6) is 0 Å². The van der Waals surface area contributed by atoms with E-state index in [0.29, 0.717) is 5.56 Å². The zero-order valence-corrected chi connectivity index (χ0v) is 13.4. The second-order valence-corrected chi connectivity index (χ2v) is 5.72. The van der Waals surface area contributed by atoms with Crippen LogP contribution in [0.1, 0.15) is 26.3 Å². The van der Waals surface area contributed by atoms with Crippen LogP contribution in [0.4, 0.5) is 4.39 Å². The van der Waals surface area contributed by atoms with Crippen molar-refractivity contribution in [3.63, 3.8) is 0 Å². The van der Waals surface area contributed by atoms with Crippen LogP contribution >= 0.6 is 0 Å². The molecule has 3 amide bonds. The van der Waals surface area contributed by atoms with E-state index in [2.05, 4.69) is 10.6 Å². The predicted octanol–water partition coefficient (Wildman–Crippen LogP) is 0.499. The Morgan fingerprint density at radius 1 is 1.22 bits per heavy atom. The van der Waals surface area contributed by atoms with E-state index in [0.717, 1.165) is 0 Å². The minimum atomic E-state index is -0.987. The molecule has 0 aliphatic heterocycles. The molecule has 0 spiro atoms. The first-order valence-electron chi connectivity index (χ1n) is 7.32. The summed E-state index contributed by atoms with van der Waals surface area (Å²) < 4.78 is 13.2. The fourth-order valence-electron chi connectivity index (χ4n) is 2.14. The molecule has 0 aliphatic rings. The van der Waals surface area contributed by atoms with Crippen LogP contribution in [0.25, 0.3) is 0 Å². The molecule has 0 saturated heterocycles. The van der Waals surface area contributed by atoms with Crippen molar-refractivity contribution in [1.29, 1.82) is 0 Å². The number of carbonyl (C=O) groups excluding carboxylic acids is 3. The van der Waals surface area contributed by atoms with Crippen LogP contribution in [-0.4, -0.2) is 29.8 Å². The van der Waals surface area contributed by atoms with Gasteiger partial charge in [0.15, 0.2) is 0 Å². The third-order valence-electron chi connectivity index (χ3n) is 3.30. The number of rotatable bonds is 7. The highest BCUT2D eigenvalue weighted by molar-refractivity contribution is 5.91. The molecule has 0 aliphatic carbocycles. The minimum Gasteiger partial charge on any atom is -0.368 e. The van der Waals surface area contributed by atoms with E-state index >= 15 is 0 Å². The summed E-state index contributed by atoms with van der Waals surface area (Å²) in [4.78, 5) is 35.0. The maximum absolute atomic E-state index is 13.2. The number of hydrogen-bond donors (Lipinski definition) is 3. The van der Waals surface area contributed by atoms with E-state index in [-0.39, 0.29) is 18.2 Å². The van der Waals surface area contributed by atoms with E-state index < -0.39 is 29.7 Å². The molecular formula is C16H22FN3O3. The van der Waals surface area contributed by atoms with E-state index in [1.54, 1.807) is 19.9 Å². The maximum Gasteiger partial charge on any atom is 0.243 e. The van der Waals surface area contributed by atoms with Gasteiger partial charge >= 0.3 is 0 Å². The monoisotopic (exact) mass is 323 g/mol. The number of nitrogens with two attached hydrogens (primary N) is 1. The Morgan fingerprint density at radius 2 is 1.87 bits per heavy atom. The van der Waals surface area contributed by atoms with Gasteiger partial charge in [0.2, 0.25) is 17.7 Å². The highest BCUT2D eigenvalue weighted by Crippen LogP contribution is 2.08. The number of halogens is 1. The lowest BCUT2D eigenvalue weighted by Gasteiger charge is -2.24. The molecule has 0 radical (unpaired) electrons. The summed E-state index contributed by atoms with van der Waals surface area (Å²) in [6.45, 7) is 4.85. The number of hydrogen-bond acceptors (Lipinski definition) is 3. The smallest absolute Gasteiger partial charge is 0.243 e. The van der Waals surface area contributed by atoms with Crippen LogP contribution in [-0.2, 0) is 20.8 Å². The summed E-state index contributed by atoms with van der Waals surface area (Å²) in [6.07, 6.45) is 0.0731. The van der Waals surface area contributed by atoms with Crippen LogP contribution < -0.4 is 16.4 Å². The number of benzene rings is 1. The van der Waals surface area contributed by atoms with Crippen molar-refractivity contribution >= 4 is 17.7 Å². The SMILES string of the molecule is CC(=O)N[C@@H](C(=O)N[C@H](Cc1cccc(F)c1)C(N)=O)C(C)C. The molecule has 1 rings (SSSR count). The van der Waals surface area contributed by atoms with E-state index in [1.165, 1.54) is 25.1 Å². The van der Waals surface area contributed by atoms with Gasteiger partial charge in [-0.25, -0.2) is 4.39 Å². The zero-order chi connectivity index (χ0) is 17.6. The minimum absolute atomic E-state index is 0.0731. The molecule has 1 aromatic carbocycles. The predicted molar refractivity (Wildman–Crippen MR) is 83.7 cm³/mol. The molecule has 0 saturated carbocycles. The molecule has 0 aromatic heterocycles. The third-order valence-corrected chi connectivity index (χ3v) is 3.30. The number of primary amides is 1. The van der Waals surface area contributed by atoms with Crippen molar-refractivity contribution in [3.8, 4) is 0 Å². The van der Waals surface area contributed by atoms with Crippen molar-refractivity contribution in [1.82, 2.24) is 10.6 Å². The highest BCUT2D eigenvalue weighted by atomic mass is 19.1. The Kier molecular flexibility index (Phi) is 6.68. The number of nitrogens with one attached hydrogen (secondary N) is 2. The van der Waals surface area contributed by atoms with Gasteiger partial charge in [0.05, 0.1) is 0 Å². The van der Waals surface area contributed by atoms with Crippen LogP contribution in [0.3, 0.4) is 0 Å². The molecular weight excluding hydrogens is 301 g/mol. The molecule has 126 valence electrons. The number of carbonyl (C=O) groups is 3. The lowest BCUT2D eigenvalue weighted by atomic mass is 10.0. The highest BCUT2D eigenvalue weighted by Gasteiger charge is 2.27. The molecule has 4 N–H and O–H groups in total. The summed E-state index contributed by atoms with van der Waals surface area (Å²) in [6, 6.07) is 3.95. The molecule has 2 atom stereocenters. The second kappa shape index (κ2) is 8.26. The Labute approximate surface area is 134 Å². The Morgan fingerprint density at radius 3 is 2.35 bits per heavy atom. The summed E-state index contributed by atoms with van der Waals surface area (Å²) in [5, 5.41) is 5.05. The van der Waals surface area contributed by atoms with E-state index in [9.17, 15) is 18.8 Å². The van der Waals surface area contributed by atoms with Gasteiger partial charge in [-0.05, 0) is 23.6 Å². The normalized spacial score (nSPS) is 13.3. The molecule has 7 heteroatoms. The van der Waals surface area contributed by atoms with Gasteiger partial charge in [0.25, 0.3) is 0 Å². The zero-order valence-electron chi connectivity index (χ0n) is 13.4. The molecule has 0 bridgehead atoms. The summed E-state index contributed by atoms with van der Waals surface area (Å²) >= 11 is 0. The first kappa shape index (κ1) is 18.6. The van der Waals surface area contributed by atoms with Crippen molar-refractivity contribution in [2.75, 3.05) is 0 Å². The maximum atomic E-state index is 13.2. The fourth-order valence-corrected chi connectivity index (χ4v) is 2.14. The van der Waals surface area contributed by atoms with Gasteiger partial charge in [-0.1, -0.05) is 26.0 Å². The lowest BCUT2D eigenvalue weighted by molar-refractivity contribution is -0.131. The summed E-state index contributed by atoms with van der Waals surface area (Å²) in [7, 11) is 0. The molecule has 6 nitrogen and oxygen atoms in total. The van der Waals surface area contributed by atoms with Gasteiger partial charge in [-0.2, -0.15) is 0 Å². The van der Waals surface area contributed by atoms with Crippen molar-refractivity contribution in [3.05, 3.63) is 35.6 Å². The molecule has 23 heavy (non-hydrogen) atoms. The second-order valence-electron chi connectivity index (χ2n) is 5.72. The van der Waals surface area contributed by atoms with E-state index in [4.69, 9.17) is 5.73 Å². The first-order chi connectivity index (χ1) is 10.7. The number of amides is 3. The fraction of sp³-hybridized carbons (Fsp3) is 0.438. The molecule has 0 unspecified atom stereocenters. The van der Waals surface area contributed by atoms with Gasteiger partial charge in [0, 0.05) is 13.3 Å². The molecule has 1 aromatic rings. The van der Waals surface area contributed by atoms with Crippen molar-refractivity contribution < 1.29 is 18.8 Å². The molecule has 0 heterocycles. The lowest BCUT2D eigenvalue weighted by Crippen LogP contribution is -2.55. The average molecular weight is 323 g/mol. The quantitative estimate of drug-likeness (QED) is 0.681. The summed E-state index contributed by atoms with van der Waals surface area (Å²) in [5.74, 6) is -2.18. The van der Waals surface area contributed by atoms with Gasteiger partial charge in [-0.15, -0.1) is 0 Å².